The van der Waals surface area contributed by atoms with Crippen molar-refractivity contribution in [3.8, 4) is 0 Å². The van der Waals surface area contributed by atoms with E-state index in [0.29, 0.717) is 37.4 Å². The molecule has 2 aromatic rings. The van der Waals surface area contributed by atoms with Gasteiger partial charge in [-0.15, -0.1) is 0 Å². The first-order valence-corrected chi connectivity index (χ1v) is 9.55. The van der Waals surface area contributed by atoms with Crippen LogP contribution in [-0.4, -0.2) is 75.6 Å². The Bertz CT molecular complexity index is 1030. The maximum Gasteiger partial charge on any atom is 0.289 e. The summed E-state index contributed by atoms with van der Waals surface area (Å²) in [6, 6.07) is 7.38. The Morgan fingerprint density at radius 1 is 1.10 bits per heavy atom. The Balaban J connectivity index is 1.45. The number of aromatic nitrogens is 2. The summed E-state index contributed by atoms with van der Waals surface area (Å²) in [6.07, 6.45) is -0.283. The molecule has 0 saturated carbocycles. The van der Waals surface area contributed by atoms with E-state index >= 15 is 0 Å². The zero-order valence-electron chi connectivity index (χ0n) is 16.2. The van der Waals surface area contributed by atoms with Crippen molar-refractivity contribution in [3.63, 3.8) is 0 Å². The fourth-order valence-electron chi connectivity index (χ4n) is 3.37. The molecule has 2 aliphatic heterocycles. The summed E-state index contributed by atoms with van der Waals surface area (Å²) in [7, 11) is 0. The zero-order chi connectivity index (χ0) is 20.5. The summed E-state index contributed by atoms with van der Waals surface area (Å²) in [6.45, 7) is 5.33. The van der Waals surface area contributed by atoms with Crippen LogP contribution in [0.15, 0.2) is 40.4 Å². The van der Waals surface area contributed by atoms with Crippen LogP contribution in [0.5, 0.6) is 0 Å². The molecule has 9 heteroatoms. The maximum atomic E-state index is 14.0. The van der Waals surface area contributed by atoms with Crippen LogP contribution >= 0.6 is 0 Å². The molecule has 4 rings (SSSR count). The SMILES string of the molecule is CC(C)C1=NC(N2CCN(C(=O)c3cnc4ccccc4n3)CC2)=NC(=O)C1F. The molecule has 0 aliphatic carbocycles. The third-order valence-corrected chi connectivity index (χ3v) is 5.02. The highest BCUT2D eigenvalue weighted by molar-refractivity contribution is 6.18. The minimum atomic E-state index is -1.77. The maximum absolute atomic E-state index is 14.0. The number of piperazine rings is 1. The smallest absolute Gasteiger partial charge is 0.289 e. The van der Waals surface area contributed by atoms with Gasteiger partial charge in [-0.25, -0.2) is 14.4 Å². The molecule has 2 amide bonds. The molecule has 0 spiro atoms. The Morgan fingerprint density at radius 2 is 1.79 bits per heavy atom. The van der Waals surface area contributed by atoms with Crippen LogP contribution in [0.25, 0.3) is 11.0 Å². The molecular formula is C20H21FN6O2. The molecular weight excluding hydrogens is 375 g/mol. The van der Waals surface area contributed by atoms with Gasteiger partial charge < -0.3 is 9.80 Å². The Kier molecular flexibility index (Phi) is 5.04. The third kappa shape index (κ3) is 3.72. The van der Waals surface area contributed by atoms with Crippen LogP contribution in [-0.2, 0) is 4.79 Å². The van der Waals surface area contributed by atoms with E-state index in [-0.39, 0.29) is 23.5 Å². The van der Waals surface area contributed by atoms with E-state index in [9.17, 15) is 14.0 Å². The number of carbonyl (C=O) groups excluding carboxylic acids is 2. The van der Waals surface area contributed by atoms with Crippen molar-refractivity contribution in [3.05, 3.63) is 36.2 Å². The molecule has 1 unspecified atom stereocenters. The first kappa shape index (κ1) is 19.1. The first-order valence-electron chi connectivity index (χ1n) is 9.55. The topological polar surface area (TPSA) is 91.1 Å². The van der Waals surface area contributed by atoms with Gasteiger partial charge in [0.25, 0.3) is 11.8 Å². The molecule has 8 nitrogen and oxygen atoms in total. The number of benzene rings is 1. The average Bonchev–Trinajstić information content (AvgIpc) is 2.74. The van der Waals surface area contributed by atoms with Crippen LogP contribution in [0.4, 0.5) is 4.39 Å². The summed E-state index contributed by atoms with van der Waals surface area (Å²) < 4.78 is 14.0. The first-order chi connectivity index (χ1) is 13.9. The molecule has 2 aliphatic rings. The molecule has 0 N–H and O–H groups in total. The van der Waals surface area contributed by atoms with E-state index in [1.54, 1.807) is 18.7 Å². The molecule has 1 fully saturated rings. The van der Waals surface area contributed by atoms with Crippen molar-refractivity contribution in [2.45, 2.75) is 20.0 Å². The van der Waals surface area contributed by atoms with Gasteiger partial charge in [0.05, 0.1) is 22.9 Å². The molecule has 1 aromatic heterocycles. The number of hydrogen-bond donors (Lipinski definition) is 0. The second-order valence-corrected chi connectivity index (χ2v) is 7.33. The predicted molar refractivity (Wildman–Crippen MR) is 107 cm³/mol. The minimum Gasteiger partial charge on any atom is -0.337 e. The molecule has 150 valence electrons. The monoisotopic (exact) mass is 396 g/mol. The highest BCUT2D eigenvalue weighted by Crippen LogP contribution is 2.17. The number of fused-ring (bicyclic) bond motifs is 1. The van der Waals surface area contributed by atoms with Crippen LogP contribution in [0.1, 0.15) is 24.3 Å². The summed E-state index contributed by atoms with van der Waals surface area (Å²) in [5.41, 5.74) is 1.90. The van der Waals surface area contributed by atoms with Gasteiger partial charge in [-0.3, -0.25) is 14.6 Å². The van der Waals surface area contributed by atoms with E-state index < -0.39 is 12.1 Å². The van der Waals surface area contributed by atoms with Crippen molar-refractivity contribution < 1.29 is 14.0 Å². The highest BCUT2D eigenvalue weighted by atomic mass is 19.1. The second kappa shape index (κ2) is 7.65. The fraction of sp³-hybridized carbons (Fsp3) is 0.400. The average molecular weight is 396 g/mol. The summed E-state index contributed by atoms with van der Waals surface area (Å²) >= 11 is 0. The quantitative estimate of drug-likeness (QED) is 0.771. The number of guanidine groups is 1. The number of nitrogens with zero attached hydrogens (tertiary/aromatic N) is 6. The van der Waals surface area contributed by atoms with Crippen molar-refractivity contribution in [1.29, 1.82) is 0 Å². The second-order valence-electron chi connectivity index (χ2n) is 7.33. The molecule has 0 radical (unpaired) electrons. The van der Waals surface area contributed by atoms with Crippen LogP contribution in [0.2, 0.25) is 0 Å². The largest absolute Gasteiger partial charge is 0.337 e. The van der Waals surface area contributed by atoms with Gasteiger partial charge in [-0.2, -0.15) is 4.99 Å². The lowest BCUT2D eigenvalue weighted by atomic mass is 10.0. The van der Waals surface area contributed by atoms with Crippen molar-refractivity contribution in [2.75, 3.05) is 26.2 Å². The summed E-state index contributed by atoms with van der Waals surface area (Å²) in [5, 5.41) is 0. The highest BCUT2D eigenvalue weighted by Gasteiger charge is 2.33. The number of carbonyl (C=O) groups is 2. The van der Waals surface area contributed by atoms with Crippen LogP contribution < -0.4 is 0 Å². The minimum absolute atomic E-state index is 0.186. The molecule has 29 heavy (non-hydrogen) atoms. The number of amides is 2. The summed E-state index contributed by atoms with van der Waals surface area (Å²) in [4.78, 5) is 44.9. The standard InChI is InChI=1S/C20H21FN6O2/c1-12(2)17-16(21)18(28)25-20(24-17)27-9-7-26(8-10-27)19(29)15-11-22-13-5-3-4-6-14(13)23-15/h3-6,11-12,16H,7-10H2,1-2H3. The van der Waals surface area contributed by atoms with E-state index in [4.69, 9.17) is 0 Å². The van der Waals surface area contributed by atoms with Gasteiger partial charge in [0, 0.05) is 26.2 Å². The lowest BCUT2D eigenvalue weighted by Gasteiger charge is -2.36. The van der Waals surface area contributed by atoms with E-state index in [0.717, 1.165) is 5.52 Å². The van der Waals surface area contributed by atoms with E-state index in [1.165, 1.54) is 6.20 Å². The molecule has 1 saturated heterocycles. The predicted octanol–water partition coefficient (Wildman–Crippen LogP) is 1.72. The summed E-state index contributed by atoms with van der Waals surface area (Å²) in [5.74, 6) is -0.970. The normalized spacial score (nSPS) is 20.1. The van der Waals surface area contributed by atoms with Gasteiger partial charge >= 0.3 is 0 Å². The molecule has 1 atom stereocenters. The number of aliphatic imine (C=N–C) groups is 2. The van der Waals surface area contributed by atoms with Gasteiger partial charge in [-0.05, 0) is 18.1 Å². The Hall–Kier alpha value is -3.23. The Labute approximate surface area is 167 Å². The van der Waals surface area contributed by atoms with Crippen molar-refractivity contribution >= 4 is 34.5 Å². The fourth-order valence-corrected chi connectivity index (χ4v) is 3.37. The zero-order valence-corrected chi connectivity index (χ0v) is 16.2. The number of alkyl halides is 1. The Morgan fingerprint density at radius 3 is 2.48 bits per heavy atom. The lowest BCUT2D eigenvalue weighted by Crippen LogP contribution is -2.51. The van der Waals surface area contributed by atoms with Gasteiger partial charge in [0.1, 0.15) is 5.69 Å². The van der Waals surface area contributed by atoms with Gasteiger partial charge in [-0.1, -0.05) is 26.0 Å². The number of para-hydroxylation sites is 2. The van der Waals surface area contributed by atoms with Crippen molar-refractivity contribution in [1.82, 2.24) is 19.8 Å². The van der Waals surface area contributed by atoms with Gasteiger partial charge in [0.15, 0.2) is 0 Å². The van der Waals surface area contributed by atoms with Crippen LogP contribution in [0, 0.1) is 5.92 Å². The third-order valence-electron chi connectivity index (χ3n) is 5.02. The number of rotatable bonds is 2. The van der Waals surface area contributed by atoms with E-state index in [1.807, 2.05) is 29.2 Å². The number of halogens is 1. The van der Waals surface area contributed by atoms with Gasteiger partial charge in [0.2, 0.25) is 12.1 Å². The molecule has 1 aromatic carbocycles. The molecule has 0 bridgehead atoms. The molecule has 3 heterocycles. The number of hydrogen-bond acceptors (Lipinski definition) is 6. The van der Waals surface area contributed by atoms with Crippen LogP contribution in [0.3, 0.4) is 0 Å². The lowest BCUT2D eigenvalue weighted by molar-refractivity contribution is -0.120. The van der Waals surface area contributed by atoms with E-state index in [2.05, 4.69) is 20.0 Å². The van der Waals surface area contributed by atoms with Crippen molar-refractivity contribution in [2.24, 2.45) is 15.9 Å².